The van der Waals surface area contributed by atoms with Gasteiger partial charge in [-0.2, -0.15) is 0 Å². The Hall–Kier alpha value is -2.46. The number of nitrogens with zero attached hydrogens (tertiary/aromatic N) is 3. The summed E-state index contributed by atoms with van der Waals surface area (Å²) in [5, 5.41) is -0.109. The predicted octanol–water partition coefficient (Wildman–Crippen LogP) is 1.26. The number of Topliss-reactive ketones (excluding diaryl/α,β-unsaturated/α-hetero) is 1. The number of rotatable bonds is 9. The van der Waals surface area contributed by atoms with Crippen LogP contribution in [0.1, 0.15) is 40.9 Å². The topological polar surface area (TPSA) is 112 Å². The maximum absolute atomic E-state index is 12.3. The average Bonchev–Trinajstić information content (AvgIpc) is 3.11. The molecule has 154 valence electrons. The number of esters is 1. The molecule has 9 nitrogen and oxygen atoms in total. The molecular formula is C18H26N4O5S. The SMILES string of the molecule is CCn1c(C)cc(C(=O)COC(=O)CCNS(=O)(=O)c2cn(C)c(C)n2)c1C. The number of ketones is 1. The molecule has 0 fully saturated rings. The van der Waals surface area contributed by atoms with Crippen LogP contribution < -0.4 is 4.72 Å². The number of ether oxygens (including phenoxy) is 1. The van der Waals surface area contributed by atoms with Crippen molar-refractivity contribution in [2.75, 3.05) is 13.2 Å². The zero-order valence-corrected chi connectivity index (χ0v) is 17.6. The Kier molecular flexibility index (Phi) is 6.78. The Labute approximate surface area is 164 Å². The highest BCUT2D eigenvalue weighted by Crippen LogP contribution is 2.15. The van der Waals surface area contributed by atoms with Crippen molar-refractivity contribution < 1.29 is 22.7 Å². The molecule has 0 unspecified atom stereocenters. The lowest BCUT2D eigenvalue weighted by Crippen LogP contribution is -2.27. The number of hydrogen-bond donors (Lipinski definition) is 1. The van der Waals surface area contributed by atoms with E-state index in [1.54, 1.807) is 24.6 Å². The molecule has 0 aromatic carbocycles. The van der Waals surface area contributed by atoms with Gasteiger partial charge in [-0.25, -0.2) is 18.1 Å². The molecule has 2 heterocycles. The van der Waals surface area contributed by atoms with Gasteiger partial charge in [0, 0.05) is 43.3 Å². The van der Waals surface area contributed by atoms with Gasteiger partial charge in [0.1, 0.15) is 5.82 Å². The van der Waals surface area contributed by atoms with Gasteiger partial charge >= 0.3 is 5.97 Å². The second-order valence-electron chi connectivity index (χ2n) is 6.50. The van der Waals surface area contributed by atoms with Gasteiger partial charge in [0.2, 0.25) is 5.78 Å². The van der Waals surface area contributed by atoms with E-state index >= 15 is 0 Å². The summed E-state index contributed by atoms with van der Waals surface area (Å²) in [5.74, 6) is -0.385. The monoisotopic (exact) mass is 410 g/mol. The summed E-state index contributed by atoms with van der Waals surface area (Å²) in [7, 11) is -2.11. The fourth-order valence-corrected chi connectivity index (χ4v) is 3.95. The molecule has 0 atom stereocenters. The van der Waals surface area contributed by atoms with E-state index in [-0.39, 0.29) is 30.4 Å². The molecule has 10 heteroatoms. The number of hydrogen-bond acceptors (Lipinski definition) is 6. The number of aryl methyl sites for hydroxylation is 3. The van der Waals surface area contributed by atoms with Crippen molar-refractivity contribution in [2.45, 2.75) is 45.7 Å². The lowest BCUT2D eigenvalue weighted by atomic mass is 10.1. The standard InChI is InChI=1S/C18H26N4O5S/c1-6-22-12(2)9-15(13(22)3)16(23)11-27-18(24)7-8-19-28(25,26)17-10-21(5)14(4)20-17/h9-10,19H,6-8,11H2,1-5H3. The lowest BCUT2D eigenvalue weighted by molar-refractivity contribution is -0.142. The molecule has 0 aliphatic carbocycles. The van der Waals surface area contributed by atoms with Crippen LogP contribution in [-0.4, -0.2) is 47.4 Å². The summed E-state index contributed by atoms with van der Waals surface area (Å²) in [6, 6.07) is 1.78. The molecule has 0 aliphatic heterocycles. The Morgan fingerprint density at radius 1 is 1.25 bits per heavy atom. The van der Waals surface area contributed by atoms with Gasteiger partial charge in [-0.1, -0.05) is 0 Å². The Balaban J connectivity index is 1.84. The first-order valence-corrected chi connectivity index (χ1v) is 10.4. The highest BCUT2D eigenvalue weighted by molar-refractivity contribution is 7.89. The smallest absolute Gasteiger partial charge is 0.307 e. The molecule has 0 radical (unpaired) electrons. The van der Waals surface area contributed by atoms with E-state index in [0.717, 1.165) is 17.9 Å². The summed E-state index contributed by atoms with van der Waals surface area (Å²) in [4.78, 5) is 28.1. The van der Waals surface area contributed by atoms with E-state index in [9.17, 15) is 18.0 Å². The van der Waals surface area contributed by atoms with Gasteiger partial charge in [-0.05, 0) is 33.8 Å². The summed E-state index contributed by atoms with van der Waals surface area (Å²) >= 11 is 0. The fourth-order valence-electron chi connectivity index (χ4n) is 2.88. The predicted molar refractivity (Wildman–Crippen MR) is 103 cm³/mol. The van der Waals surface area contributed by atoms with Gasteiger partial charge in [0.15, 0.2) is 11.6 Å². The number of carbonyl (C=O) groups is 2. The maximum Gasteiger partial charge on any atom is 0.307 e. The number of carbonyl (C=O) groups excluding carboxylic acids is 2. The Morgan fingerprint density at radius 3 is 2.46 bits per heavy atom. The molecule has 0 saturated heterocycles. The van der Waals surface area contributed by atoms with Crippen molar-refractivity contribution in [1.29, 1.82) is 0 Å². The van der Waals surface area contributed by atoms with Gasteiger partial charge in [-0.15, -0.1) is 0 Å². The minimum absolute atomic E-state index is 0.109. The zero-order valence-electron chi connectivity index (χ0n) is 16.8. The first-order chi connectivity index (χ1) is 13.1. The molecule has 0 spiro atoms. The lowest BCUT2D eigenvalue weighted by Gasteiger charge is -2.07. The number of sulfonamides is 1. The Morgan fingerprint density at radius 2 is 1.93 bits per heavy atom. The van der Waals surface area contributed by atoms with Gasteiger partial charge < -0.3 is 13.9 Å². The van der Waals surface area contributed by atoms with E-state index in [1.807, 2.05) is 25.3 Å². The van der Waals surface area contributed by atoms with E-state index in [2.05, 4.69) is 9.71 Å². The highest BCUT2D eigenvalue weighted by atomic mass is 32.2. The van der Waals surface area contributed by atoms with Crippen LogP contribution in [-0.2, 0) is 33.1 Å². The van der Waals surface area contributed by atoms with Crippen LogP contribution >= 0.6 is 0 Å². The van der Waals surface area contributed by atoms with Crippen LogP contribution in [0, 0.1) is 20.8 Å². The zero-order chi connectivity index (χ0) is 21.1. The van der Waals surface area contributed by atoms with Crippen LogP contribution in [0.3, 0.4) is 0 Å². The van der Waals surface area contributed by atoms with Crippen molar-refractivity contribution in [1.82, 2.24) is 18.8 Å². The maximum atomic E-state index is 12.3. The summed E-state index contributed by atoms with van der Waals surface area (Å²) in [6.45, 7) is 7.66. The summed E-state index contributed by atoms with van der Waals surface area (Å²) in [6.07, 6.45) is 1.20. The third kappa shape index (κ3) is 4.87. The third-order valence-corrected chi connectivity index (χ3v) is 5.87. The van der Waals surface area contributed by atoms with E-state index in [4.69, 9.17) is 4.74 Å². The Bertz CT molecular complexity index is 969. The van der Waals surface area contributed by atoms with Crippen LogP contribution in [0.2, 0.25) is 0 Å². The third-order valence-electron chi connectivity index (χ3n) is 4.54. The first kappa shape index (κ1) is 21.8. The van der Waals surface area contributed by atoms with Gasteiger partial charge in [0.25, 0.3) is 10.0 Å². The number of nitrogens with one attached hydrogen (secondary N) is 1. The van der Waals surface area contributed by atoms with Crippen molar-refractivity contribution in [3.05, 3.63) is 35.0 Å². The summed E-state index contributed by atoms with van der Waals surface area (Å²) in [5.41, 5.74) is 2.33. The van der Waals surface area contributed by atoms with Gasteiger partial charge in [-0.3, -0.25) is 9.59 Å². The van der Waals surface area contributed by atoms with E-state index in [1.165, 1.54) is 6.20 Å². The molecule has 1 N–H and O–H groups in total. The second-order valence-corrected chi connectivity index (χ2v) is 8.21. The molecule has 2 aromatic rings. The molecular weight excluding hydrogens is 384 g/mol. The van der Waals surface area contributed by atoms with Crippen molar-refractivity contribution >= 4 is 21.8 Å². The van der Waals surface area contributed by atoms with E-state index < -0.39 is 16.0 Å². The van der Waals surface area contributed by atoms with Gasteiger partial charge in [0.05, 0.1) is 6.42 Å². The van der Waals surface area contributed by atoms with Crippen molar-refractivity contribution in [3.63, 3.8) is 0 Å². The van der Waals surface area contributed by atoms with Crippen molar-refractivity contribution in [3.8, 4) is 0 Å². The fraction of sp³-hybridized carbons (Fsp3) is 0.500. The first-order valence-electron chi connectivity index (χ1n) is 8.92. The average molecular weight is 410 g/mol. The quantitative estimate of drug-likeness (QED) is 0.492. The van der Waals surface area contributed by atoms with E-state index in [0.29, 0.717) is 11.4 Å². The largest absolute Gasteiger partial charge is 0.457 e. The minimum atomic E-state index is -3.80. The molecule has 0 bridgehead atoms. The molecule has 28 heavy (non-hydrogen) atoms. The van der Waals surface area contributed by atoms with Crippen molar-refractivity contribution in [2.24, 2.45) is 7.05 Å². The highest BCUT2D eigenvalue weighted by Gasteiger charge is 2.20. The molecule has 2 rings (SSSR count). The second kappa shape index (κ2) is 8.70. The van der Waals surface area contributed by atoms with Crippen LogP contribution in [0.25, 0.3) is 0 Å². The molecule has 2 aromatic heterocycles. The molecule has 0 amide bonds. The van der Waals surface area contributed by atoms with Crippen LogP contribution in [0.4, 0.5) is 0 Å². The number of aromatic nitrogens is 3. The summed E-state index contributed by atoms with van der Waals surface area (Å²) < 4.78 is 35.1. The molecule has 0 saturated carbocycles. The molecule has 0 aliphatic rings. The number of imidazole rings is 1. The minimum Gasteiger partial charge on any atom is -0.457 e. The van der Waals surface area contributed by atoms with Crippen LogP contribution in [0.5, 0.6) is 0 Å². The van der Waals surface area contributed by atoms with Crippen LogP contribution in [0.15, 0.2) is 17.3 Å². The normalized spacial score (nSPS) is 11.6.